The third kappa shape index (κ3) is 5.00. The van der Waals surface area contributed by atoms with Gasteiger partial charge in [-0.15, -0.1) is 0 Å². The van der Waals surface area contributed by atoms with Crippen LogP contribution in [-0.2, 0) is 20.8 Å². The number of hydrazine groups is 1. The number of piperidine rings is 1. The van der Waals surface area contributed by atoms with Crippen molar-refractivity contribution in [3.63, 3.8) is 0 Å². The van der Waals surface area contributed by atoms with Crippen LogP contribution in [0.4, 0.5) is 19.0 Å². The number of rotatable bonds is 4. The molecule has 2 saturated heterocycles. The van der Waals surface area contributed by atoms with Crippen molar-refractivity contribution in [3.8, 4) is 0 Å². The van der Waals surface area contributed by atoms with Gasteiger partial charge >= 0.3 is 6.18 Å². The van der Waals surface area contributed by atoms with Crippen molar-refractivity contribution in [3.05, 3.63) is 22.8 Å². The first kappa shape index (κ1) is 23.1. The lowest BCUT2D eigenvalue weighted by molar-refractivity contribution is -0.154. The first-order valence-electron chi connectivity index (χ1n) is 9.57. The molecule has 7 nitrogen and oxygen atoms in total. The van der Waals surface area contributed by atoms with Gasteiger partial charge in [0, 0.05) is 39.3 Å². The number of amides is 1. The standard InChI is InChI=1S/C18H24ClF3N4O3S/c1-24(2)26(14-5-8-30(28,29)11-14)17(27)12-3-6-25(7-4-12)16-15(19)9-13(10-23-16)18(20,21)22/h9-10,12,14H,3-8,11H2,1-2H3/t14-/m0/s1. The normalized spacial score (nSPS) is 22.5. The van der Waals surface area contributed by atoms with Gasteiger partial charge in [0.15, 0.2) is 9.84 Å². The predicted molar refractivity (Wildman–Crippen MR) is 107 cm³/mol. The van der Waals surface area contributed by atoms with Crippen LogP contribution in [0.25, 0.3) is 0 Å². The maximum atomic E-state index is 13.1. The number of alkyl halides is 3. The van der Waals surface area contributed by atoms with Crippen molar-refractivity contribution in [2.45, 2.75) is 31.5 Å². The summed E-state index contributed by atoms with van der Waals surface area (Å²) in [5, 5.41) is 3.09. The molecule has 0 bridgehead atoms. The van der Waals surface area contributed by atoms with Gasteiger partial charge in [0.1, 0.15) is 5.82 Å². The fourth-order valence-electron chi connectivity index (χ4n) is 4.02. The number of pyridine rings is 1. The topological polar surface area (TPSA) is 73.8 Å². The van der Waals surface area contributed by atoms with Crippen molar-refractivity contribution in [1.82, 2.24) is 15.0 Å². The SMILES string of the molecule is CN(C)N(C(=O)C1CCN(c2ncc(C(F)(F)F)cc2Cl)CC1)[C@H]1CCS(=O)(=O)C1. The number of hydrogen-bond donors (Lipinski definition) is 0. The number of carbonyl (C=O) groups is 1. The summed E-state index contributed by atoms with van der Waals surface area (Å²) in [7, 11) is 0.291. The van der Waals surface area contributed by atoms with E-state index in [0.29, 0.717) is 32.4 Å². The van der Waals surface area contributed by atoms with Crippen LogP contribution < -0.4 is 4.90 Å². The Morgan fingerprint density at radius 1 is 1.23 bits per heavy atom. The number of sulfone groups is 1. The highest BCUT2D eigenvalue weighted by atomic mass is 35.5. The van der Waals surface area contributed by atoms with Gasteiger partial charge in [-0.3, -0.25) is 9.80 Å². The fraction of sp³-hybridized carbons (Fsp3) is 0.667. The first-order valence-corrected chi connectivity index (χ1v) is 11.8. The van der Waals surface area contributed by atoms with E-state index < -0.39 is 21.6 Å². The largest absolute Gasteiger partial charge is 0.417 e. The Hall–Kier alpha value is -1.59. The molecule has 0 saturated carbocycles. The second kappa shape index (κ2) is 8.51. The molecule has 3 rings (SSSR count). The van der Waals surface area contributed by atoms with Gasteiger partial charge in [-0.05, 0) is 25.3 Å². The predicted octanol–water partition coefficient (Wildman–Crippen LogP) is 2.46. The van der Waals surface area contributed by atoms with Crippen molar-refractivity contribution in [1.29, 1.82) is 0 Å². The summed E-state index contributed by atoms with van der Waals surface area (Å²) in [6.07, 6.45) is -2.40. The van der Waals surface area contributed by atoms with Crippen LogP contribution in [0.3, 0.4) is 0 Å². The zero-order valence-electron chi connectivity index (χ0n) is 16.7. The Balaban J connectivity index is 1.66. The van der Waals surface area contributed by atoms with E-state index in [2.05, 4.69) is 4.98 Å². The van der Waals surface area contributed by atoms with E-state index in [1.54, 1.807) is 24.0 Å². The van der Waals surface area contributed by atoms with Crippen LogP contribution in [0, 0.1) is 5.92 Å². The Morgan fingerprint density at radius 2 is 1.87 bits per heavy atom. The van der Waals surface area contributed by atoms with Crippen molar-refractivity contribution in [2.75, 3.05) is 43.6 Å². The molecular formula is C18H24ClF3N4O3S. The van der Waals surface area contributed by atoms with Gasteiger partial charge in [-0.2, -0.15) is 13.2 Å². The maximum absolute atomic E-state index is 13.1. The number of nitrogens with zero attached hydrogens (tertiary/aromatic N) is 4. The highest BCUT2D eigenvalue weighted by Gasteiger charge is 2.39. The molecule has 1 atom stereocenters. The van der Waals surface area contributed by atoms with E-state index in [1.807, 2.05) is 0 Å². The Labute approximate surface area is 178 Å². The van der Waals surface area contributed by atoms with E-state index in [1.165, 1.54) is 5.01 Å². The zero-order chi connectivity index (χ0) is 22.3. The zero-order valence-corrected chi connectivity index (χ0v) is 18.3. The molecule has 12 heteroatoms. The molecule has 0 spiro atoms. The fourth-order valence-corrected chi connectivity index (χ4v) is 5.99. The summed E-state index contributed by atoms with van der Waals surface area (Å²) in [5.74, 6) is -0.137. The van der Waals surface area contributed by atoms with Crippen LogP contribution in [0.2, 0.25) is 5.02 Å². The Kier molecular flexibility index (Phi) is 6.54. The molecule has 1 aromatic rings. The van der Waals surface area contributed by atoms with Gasteiger partial charge in [0.2, 0.25) is 5.91 Å². The molecule has 0 aromatic carbocycles. The molecule has 2 aliphatic heterocycles. The van der Waals surface area contributed by atoms with E-state index in [9.17, 15) is 26.4 Å². The molecule has 3 heterocycles. The highest BCUT2D eigenvalue weighted by Crippen LogP contribution is 2.35. The summed E-state index contributed by atoms with van der Waals surface area (Å²) in [6, 6.07) is 0.483. The molecule has 2 fully saturated rings. The number of halogens is 4. The van der Waals surface area contributed by atoms with E-state index in [0.717, 1.165) is 12.3 Å². The number of aromatic nitrogens is 1. The highest BCUT2D eigenvalue weighted by molar-refractivity contribution is 7.91. The molecular weight excluding hydrogens is 445 g/mol. The van der Waals surface area contributed by atoms with Crippen LogP contribution in [0.1, 0.15) is 24.8 Å². The van der Waals surface area contributed by atoms with Crippen LogP contribution in [0.15, 0.2) is 12.3 Å². The van der Waals surface area contributed by atoms with Gasteiger partial charge in [0.05, 0.1) is 28.1 Å². The molecule has 1 amide bonds. The van der Waals surface area contributed by atoms with Crippen LogP contribution >= 0.6 is 11.6 Å². The second-order valence-corrected chi connectivity index (χ2v) is 10.5. The van der Waals surface area contributed by atoms with E-state index in [-0.39, 0.29) is 40.2 Å². The third-order valence-corrected chi connectivity index (χ3v) is 7.53. The number of hydrogen-bond acceptors (Lipinski definition) is 6. The molecule has 0 N–H and O–H groups in total. The van der Waals surface area contributed by atoms with Gasteiger partial charge in [-0.25, -0.2) is 18.4 Å². The Morgan fingerprint density at radius 3 is 2.33 bits per heavy atom. The van der Waals surface area contributed by atoms with Gasteiger partial charge in [0.25, 0.3) is 0 Å². The van der Waals surface area contributed by atoms with Gasteiger partial charge in [-0.1, -0.05) is 11.6 Å². The lowest BCUT2D eigenvalue weighted by Crippen LogP contribution is -2.53. The Bertz CT molecular complexity index is 902. The minimum Gasteiger partial charge on any atom is -0.355 e. The smallest absolute Gasteiger partial charge is 0.355 e. The lowest BCUT2D eigenvalue weighted by atomic mass is 9.95. The van der Waals surface area contributed by atoms with Gasteiger partial charge < -0.3 is 4.90 Å². The molecule has 30 heavy (non-hydrogen) atoms. The minimum absolute atomic E-state index is 0.0408. The third-order valence-electron chi connectivity index (χ3n) is 5.50. The summed E-state index contributed by atoms with van der Waals surface area (Å²) >= 11 is 6.03. The van der Waals surface area contributed by atoms with Crippen molar-refractivity contribution >= 4 is 33.2 Å². The first-order chi connectivity index (χ1) is 13.9. The maximum Gasteiger partial charge on any atom is 0.417 e. The molecule has 2 aliphatic rings. The second-order valence-electron chi connectivity index (χ2n) is 7.88. The van der Waals surface area contributed by atoms with Crippen LogP contribution in [-0.4, -0.2) is 74.1 Å². The number of carbonyl (C=O) groups excluding carboxylic acids is 1. The number of anilines is 1. The molecule has 0 aliphatic carbocycles. The lowest BCUT2D eigenvalue weighted by Gasteiger charge is -2.39. The van der Waals surface area contributed by atoms with Crippen molar-refractivity contribution < 1.29 is 26.4 Å². The summed E-state index contributed by atoms with van der Waals surface area (Å²) in [6.45, 7) is 0.831. The quantitative estimate of drug-likeness (QED) is 0.632. The molecule has 0 unspecified atom stereocenters. The van der Waals surface area contributed by atoms with E-state index >= 15 is 0 Å². The summed E-state index contributed by atoms with van der Waals surface area (Å²) in [5.41, 5.74) is -0.908. The van der Waals surface area contributed by atoms with Crippen molar-refractivity contribution in [2.24, 2.45) is 5.92 Å². The molecule has 1 aromatic heterocycles. The minimum atomic E-state index is -4.52. The van der Waals surface area contributed by atoms with Crippen LogP contribution in [0.5, 0.6) is 0 Å². The summed E-state index contributed by atoms with van der Waals surface area (Å²) < 4.78 is 62.1. The molecule has 0 radical (unpaired) electrons. The molecule has 168 valence electrons. The monoisotopic (exact) mass is 468 g/mol. The average molecular weight is 469 g/mol. The average Bonchev–Trinajstić information content (AvgIpc) is 3.00. The van der Waals surface area contributed by atoms with E-state index in [4.69, 9.17) is 11.6 Å². The summed E-state index contributed by atoms with van der Waals surface area (Å²) in [4.78, 5) is 18.8.